The lowest BCUT2D eigenvalue weighted by atomic mass is 9.95. The minimum absolute atomic E-state index is 0.386. The summed E-state index contributed by atoms with van der Waals surface area (Å²) < 4.78 is 5.33. The minimum atomic E-state index is -0.871. The van der Waals surface area contributed by atoms with Crippen LogP contribution in [0.1, 0.15) is 39.4 Å². The predicted octanol–water partition coefficient (Wildman–Crippen LogP) is 3.85. The summed E-state index contributed by atoms with van der Waals surface area (Å²) in [6.07, 6.45) is -0.871. The summed E-state index contributed by atoms with van der Waals surface area (Å²) in [6.45, 7) is 7.15. The average molecular weight is 286 g/mol. The van der Waals surface area contributed by atoms with E-state index in [2.05, 4.69) is 0 Å². The van der Waals surface area contributed by atoms with Gasteiger partial charge in [0, 0.05) is 0 Å². The zero-order valence-electron chi connectivity index (χ0n) is 13.0. The standard InChI is InChI=1S/C18H22O3/c1-12(17(20)21-18(2,3)4)16(19)15-10-9-13-7-5-6-8-14(13)11-15/h5-12,16,19H,1-4H3. The minimum Gasteiger partial charge on any atom is -0.460 e. The van der Waals surface area contributed by atoms with Crippen LogP contribution in [0.4, 0.5) is 0 Å². The van der Waals surface area contributed by atoms with Crippen molar-refractivity contribution >= 4 is 16.7 Å². The summed E-state index contributed by atoms with van der Waals surface area (Å²) in [4.78, 5) is 12.1. The van der Waals surface area contributed by atoms with Crippen molar-refractivity contribution in [1.29, 1.82) is 0 Å². The van der Waals surface area contributed by atoms with E-state index in [1.165, 1.54) is 0 Å². The van der Waals surface area contributed by atoms with Gasteiger partial charge in [-0.2, -0.15) is 0 Å². The molecule has 0 bridgehead atoms. The van der Waals surface area contributed by atoms with Crippen LogP contribution in [0.5, 0.6) is 0 Å². The Hall–Kier alpha value is -1.87. The second-order valence-corrected chi connectivity index (χ2v) is 6.37. The normalized spacial score (nSPS) is 14.7. The molecule has 3 nitrogen and oxygen atoms in total. The van der Waals surface area contributed by atoms with Crippen molar-refractivity contribution in [2.75, 3.05) is 0 Å². The Morgan fingerprint density at radius 2 is 1.71 bits per heavy atom. The number of ether oxygens (including phenoxy) is 1. The fraction of sp³-hybridized carbons (Fsp3) is 0.389. The summed E-state index contributed by atoms with van der Waals surface area (Å²) >= 11 is 0. The third-order valence-electron chi connectivity index (χ3n) is 3.37. The van der Waals surface area contributed by atoms with Crippen LogP contribution in [-0.2, 0) is 9.53 Å². The van der Waals surface area contributed by atoms with E-state index in [9.17, 15) is 9.90 Å². The molecule has 0 aliphatic heterocycles. The lowest BCUT2D eigenvalue weighted by molar-refractivity contribution is -0.163. The van der Waals surface area contributed by atoms with E-state index in [0.717, 1.165) is 16.3 Å². The zero-order chi connectivity index (χ0) is 15.6. The average Bonchev–Trinajstić information content (AvgIpc) is 2.43. The van der Waals surface area contributed by atoms with Crippen molar-refractivity contribution in [2.24, 2.45) is 5.92 Å². The van der Waals surface area contributed by atoms with Crippen molar-refractivity contribution in [3.8, 4) is 0 Å². The number of carbonyl (C=O) groups is 1. The molecule has 21 heavy (non-hydrogen) atoms. The molecule has 2 unspecified atom stereocenters. The Kier molecular flexibility index (Phi) is 4.33. The summed E-state index contributed by atoms with van der Waals surface area (Å²) in [5.41, 5.74) is 0.182. The number of hydrogen-bond donors (Lipinski definition) is 1. The Bertz CT molecular complexity index is 640. The summed E-state index contributed by atoms with van der Waals surface area (Å²) in [5, 5.41) is 12.6. The predicted molar refractivity (Wildman–Crippen MR) is 83.9 cm³/mol. The number of hydrogen-bond acceptors (Lipinski definition) is 3. The Morgan fingerprint density at radius 1 is 1.10 bits per heavy atom. The lowest BCUT2D eigenvalue weighted by Crippen LogP contribution is -2.30. The molecule has 2 aromatic carbocycles. The second-order valence-electron chi connectivity index (χ2n) is 6.37. The number of carbonyl (C=O) groups excluding carboxylic acids is 1. The van der Waals surface area contributed by atoms with Crippen LogP contribution in [0, 0.1) is 5.92 Å². The maximum Gasteiger partial charge on any atom is 0.312 e. The smallest absolute Gasteiger partial charge is 0.312 e. The first kappa shape index (κ1) is 15.5. The topological polar surface area (TPSA) is 46.5 Å². The quantitative estimate of drug-likeness (QED) is 0.872. The van der Waals surface area contributed by atoms with Gasteiger partial charge in [0.15, 0.2) is 0 Å². The van der Waals surface area contributed by atoms with Crippen LogP contribution >= 0.6 is 0 Å². The largest absolute Gasteiger partial charge is 0.460 e. The molecule has 0 saturated heterocycles. The van der Waals surface area contributed by atoms with Crippen molar-refractivity contribution in [1.82, 2.24) is 0 Å². The number of esters is 1. The molecule has 2 aromatic rings. The van der Waals surface area contributed by atoms with Crippen LogP contribution in [-0.4, -0.2) is 16.7 Å². The first-order valence-corrected chi connectivity index (χ1v) is 7.17. The summed E-state index contributed by atoms with van der Waals surface area (Å²) in [6, 6.07) is 13.7. The molecule has 0 fully saturated rings. The first-order chi connectivity index (χ1) is 9.78. The van der Waals surface area contributed by atoms with Gasteiger partial charge in [-0.05, 0) is 50.1 Å². The van der Waals surface area contributed by atoms with Gasteiger partial charge >= 0.3 is 5.97 Å². The molecule has 2 rings (SSSR count). The fourth-order valence-electron chi connectivity index (χ4n) is 2.20. The molecule has 112 valence electrons. The number of aliphatic hydroxyl groups is 1. The highest BCUT2D eigenvalue weighted by atomic mass is 16.6. The van der Waals surface area contributed by atoms with Gasteiger partial charge in [-0.25, -0.2) is 0 Å². The molecule has 0 spiro atoms. The molecular weight excluding hydrogens is 264 g/mol. The van der Waals surface area contributed by atoms with Gasteiger partial charge in [0.2, 0.25) is 0 Å². The number of rotatable bonds is 3. The molecule has 2 atom stereocenters. The van der Waals surface area contributed by atoms with E-state index in [1.54, 1.807) is 6.92 Å². The molecule has 1 N–H and O–H groups in total. The maximum absolute atomic E-state index is 12.1. The molecule has 0 amide bonds. The van der Waals surface area contributed by atoms with Gasteiger partial charge in [0.05, 0.1) is 12.0 Å². The number of benzene rings is 2. The van der Waals surface area contributed by atoms with E-state index >= 15 is 0 Å². The third-order valence-corrected chi connectivity index (χ3v) is 3.37. The van der Waals surface area contributed by atoms with Crippen LogP contribution < -0.4 is 0 Å². The van der Waals surface area contributed by atoms with Crippen molar-refractivity contribution in [2.45, 2.75) is 39.4 Å². The highest BCUT2D eigenvalue weighted by Crippen LogP contribution is 2.27. The molecule has 0 heterocycles. The van der Waals surface area contributed by atoms with Gasteiger partial charge in [0.25, 0.3) is 0 Å². The summed E-state index contributed by atoms with van der Waals surface area (Å²) in [5.74, 6) is -0.992. The van der Waals surface area contributed by atoms with Crippen LogP contribution in [0.25, 0.3) is 10.8 Å². The van der Waals surface area contributed by atoms with Crippen molar-refractivity contribution in [3.05, 3.63) is 48.0 Å². The number of aliphatic hydroxyl groups excluding tert-OH is 1. The first-order valence-electron chi connectivity index (χ1n) is 7.17. The fourth-order valence-corrected chi connectivity index (χ4v) is 2.20. The third kappa shape index (κ3) is 3.82. The zero-order valence-corrected chi connectivity index (χ0v) is 13.0. The highest BCUT2D eigenvalue weighted by molar-refractivity contribution is 5.83. The molecule has 0 aliphatic carbocycles. The highest BCUT2D eigenvalue weighted by Gasteiger charge is 2.28. The molecule has 3 heteroatoms. The van der Waals surface area contributed by atoms with Crippen LogP contribution in [0.2, 0.25) is 0 Å². The van der Waals surface area contributed by atoms with Gasteiger partial charge < -0.3 is 9.84 Å². The van der Waals surface area contributed by atoms with E-state index in [1.807, 2.05) is 63.2 Å². The Labute approximate surface area is 125 Å². The maximum atomic E-state index is 12.1. The molecule has 0 aliphatic rings. The molecule has 0 radical (unpaired) electrons. The van der Waals surface area contributed by atoms with E-state index < -0.39 is 17.6 Å². The van der Waals surface area contributed by atoms with Gasteiger partial charge in [-0.15, -0.1) is 0 Å². The SMILES string of the molecule is CC(C(=O)OC(C)(C)C)C(O)c1ccc2ccccc2c1. The van der Waals surface area contributed by atoms with Crippen molar-refractivity contribution < 1.29 is 14.6 Å². The Balaban J connectivity index is 2.20. The molecular formula is C18H22O3. The van der Waals surface area contributed by atoms with Crippen LogP contribution in [0.3, 0.4) is 0 Å². The number of fused-ring (bicyclic) bond motifs is 1. The summed E-state index contributed by atoms with van der Waals surface area (Å²) in [7, 11) is 0. The van der Waals surface area contributed by atoms with Gasteiger partial charge in [-0.1, -0.05) is 36.4 Å². The molecule has 0 aromatic heterocycles. The van der Waals surface area contributed by atoms with E-state index in [0.29, 0.717) is 0 Å². The molecule has 0 saturated carbocycles. The van der Waals surface area contributed by atoms with E-state index in [-0.39, 0.29) is 5.97 Å². The monoisotopic (exact) mass is 286 g/mol. The Morgan fingerprint density at radius 3 is 2.33 bits per heavy atom. The van der Waals surface area contributed by atoms with Gasteiger partial charge in [-0.3, -0.25) is 4.79 Å². The lowest BCUT2D eigenvalue weighted by Gasteiger charge is -2.24. The van der Waals surface area contributed by atoms with Crippen LogP contribution in [0.15, 0.2) is 42.5 Å². The van der Waals surface area contributed by atoms with E-state index in [4.69, 9.17) is 4.74 Å². The second kappa shape index (κ2) is 5.86. The van der Waals surface area contributed by atoms with Gasteiger partial charge in [0.1, 0.15) is 5.60 Å². The van der Waals surface area contributed by atoms with Crippen molar-refractivity contribution in [3.63, 3.8) is 0 Å².